The van der Waals surface area contributed by atoms with E-state index < -0.39 is 17.5 Å². The van der Waals surface area contributed by atoms with E-state index in [4.69, 9.17) is 10.5 Å². The van der Waals surface area contributed by atoms with Crippen molar-refractivity contribution in [1.82, 2.24) is 0 Å². The number of hydrogen-bond donors (Lipinski definition) is 2. The zero-order chi connectivity index (χ0) is 14.0. The van der Waals surface area contributed by atoms with Crippen molar-refractivity contribution in [3.63, 3.8) is 0 Å². The largest absolute Gasteiger partial charge is 0.495 e. The molecule has 19 heavy (non-hydrogen) atoms. The molecule has 0 aromatic heterocycles. The molecule has 0 saturated carbocycles. The number of nitrogens with two attached hydrogens (primary N) is 1. The van der Waals surface area contributed by atoms with Gasteiger partial charge in [0.2, 0.25) is 0 Å². The highest BCUT2D eigenvalue weighted by Crippen LogP contribution is 2.29. The Hall–Kier alpha value is -2.37. The van der Waals surface area contributed by atoms with Crippen LogP contribution in [0.15, 0.2) is 30.3 Å². The van der Waals surface area contributed by atoms with Crippen LogP contribution in [0, 0.1) is 17.5 Å². The Balaban J connectivity index is 2.36. The van der Waals surface area contributed by atoms with Crippen molar-refractivity contribution in [3.8, 4) is 5.75 Å². The van der Waals surface area contributed by atoms with E-state index in [-0.39, 0.29) is 5.69 Å². The molecule has 0 fully saturated rings. The van der Waals surface area contributed by atoms with Gasteiger partial charge in [-0.2, -0.15) is 0 Å². The standard InChI is InChI=1S/C13H11F3N2O/c1-19-12-6-8(2-3-10(12)17)18-11-5-7(14)4-9(15)13(11)16/h2-6,18H,17H2,1H3. The SMILES string of the molecule is COc1cc(Nc2cc(F)cc(F)c2F)ccc1N. The molecule has 0 heterocycles. The number of hydrogen-bond acceptors (Lipinski definition) is 3. The van der Waals surface area contributed by atoms with E-state index in [1.165, 1.54) is 19.2 Å². The molecular weight excluding hydrogens is 257 g/mol. The van der Waals surface area contributed by atoms with Gasteiger partial charge in [-0.15, -0.1) is 0 Å². The van der Waals surface area contributed by atoms with Gasteiger partial charge >= 0.3 is 0 Å². The Morgan fingerprint density at radius 2 is 1.84 bits per heavy atom. The van der Waals surface area contributed by atoms with Crippen molar-refractivity contribution < 1.29 is 17.9 Å². The van der Waals surface area contributed by atoms with E-state index in [2.05, 4.69) is 5.32 Å². The minimum absolute atomic E-state index is 0.302. The molecule has 100 valence electrons. The monoisotopic (exact) mass is 268 g/mol. The van der Waals surface area contributed by atoms with E-state index in [0.717, 1.165) is 6.07 Å². The fraction of sp³-hybridized carbons (Fsp3) is 0.0769. The molecule has 3 N–H and O–H groups in total. The molecule has 2 aromatic carbocycles. The predicted octanol–water partition coefficient (Wildman–Crippen LogP) is 3.44. The molecule has 3 nitrogen and oxygen atoms in total. The van der Waals surface area contributed by atoms with E-state index in [1.807, 2.05) is 0 Å². The van der Waals surface area contributed by atoms with Crippen molar-refractivity contribution in [2.24, 2.45) is 0 Å². The topological polar surface area (TPSA) is 47.3 Å². The molecule has 2 aromatic rings. The van der Waals surface area contributed by atoms with Gasteiger partial charge in [0.05, 0.1) is 18.5 Å². The van der Waals surface area contributed by atoms with Gasteiger partial charge in [0.25, 0.3) is 0 Å². The van der Waals surface area contributed by atoms with Crippen LogP contribution in [-0.2, 0) is 0 Å². The minimum Gasteiger partial charge on any atom is -0.495 e. The highest BCUT2D eigenvalue weighted by molar-refractivity contribution is 5.67. The minimum atomic E-state index is -1.26. The summed E-state index contributed by atoms with van der Waals surface area (Å²) in [7, 11) is 1.43. The summed E-state index contributed by atoms with van der Waals surface area (Å²) in [6.07, 6.45) is 0. The van der Waals surface area contributed by atoms with Gasteiger partial charge in [-0.1, -0.05) is 0 Å². The van der Waals surface area contributed by atoms with Crippen molar-refractivity contribution in [2.45, 2.75) is 0 Å². The van der Waals surface area contributed by atoms with E-state index in [1.54, 1.807) is 6.07 Å². The van der Waals surface area contributed by atoms with E-state index in [9.17, 15) is 13.2 Å². The Kier molecular flexibility index (Phi) is 3.50. The van der Waals surface area contributed by atoms with Crippen molar-refractivity contribution in [3.05, 3.63) is 47.8 Å². The number of benzene rings is 2. The maximum absolute atomic E-state index is 13.5. The molecule has 6 heteroatoms. The first-order valence-corrected chi connectivity index (χ1v) is 5.36. The lowest BCUT2D eigenvalue weighted by Gasteiger charge is -2.11. The maximum Gasteiger partial charge on any atom is 0.182 e. The summed E-state index contributed by atoms with van der Waals surface area (Å²) in [5, 5.41) is 2.57. The molecule has 0 radical (unpaired) electrons. The van der Waals surface area contributed by atoms with Gasteiger partial charge < -0.3 is 15.8 Å². The van der Waals surface area contributed by atoms with Crippen LogP contribution >= 0.6 is 0 Å². The first-order valence-electron chi connectivity index (χ1n) is 5.36. The number of nitrogen functional groups attached to an aromatic ring is 1. The van der Waals surface area contributed by atoms with Crippen LogP contribution in [0.25, 0.3) is 0 Å². The molecule has 0 aliphatic rings. The van der Waals surface area contributed by atoms with Crippen molar-refractivity contribution in [2.75, 3.05) is 18.2 Å². The van der Waals surface area contributed by atoms with Gasteiger partial charge in [0, 0.05) is 23.9 Å². The van der Waals surface area contributed by atoms with Crippen LogP contribution in [0.1, 0.15) is 0 Å². The summed E-state index contributed by atoms with van der Waals surface area (Å²) in [6, 6.07) is 5.91. The molecule has 2 rings (SSSR count). The van der Waals surface area contributed by atoms with Crippen LogP contribution in [0.4, 0.5) is 30.2 Å². The Labute approximate surface area is 107 Å². The molecule has 0 aliphatic carbocycles. The number of nitrogens with one attached hydrogen (secondary N) is 1. The average molecular weight is 268 g/mol. The summed E-state index contributed by atoms with van der Waals surface area (Å²) in [5.41, 5.74) is 6.12. The molecule has 0 unspecified atom stereocenters. The van der Waals surface area contributed by atoms with Crippen LogP contribution < -0.4 is 15.8 Å². The van der Waals surface area contributed by atoms with Gasteiger partial charge in [0.1, 0.15) is 11.6 Å². The third kappa shape index (κ3) is 2.73. The van der Waals surface area contributed by atoms with E-state index >= 15 is 0 Å². The normalized spacial score (nSPS) is 10.3. The second-order valence-corrected chi connectivity index (χ2v) is 3.83. The lowest BCUT2D eigenvalue weighted by atomic mass is 10.2. The third-order valence-electron chi connectivity index (χ3n) is 2.51. The summed E-state index contributed by atoms with van der Waals surface area (Å²) in [5.74, 6) is -2.91. The summed E-state index contributed by atoms with van der Waals surface area (Å²) >= 11 is 0. The van der Waals surface area contributed by atoms with Crippen LogP contribution in [0.5, 0.6) is 5.75 Å². The lowest BCUT2D eigenvalue weighted by molar-refractivity contribution is 0.417. The fourth-order valence-corrected chi connectivity index (χ4v) is 1.59. The molecule has 0 spiro atoms. The lowest BCUT2D eigenvalue weighted by Crippen LogP contribution is -1.99. The summed E-state index contributed by atoms with van der Waals surface area (Å²) in [4.78, 5) is 0. The zero-order valence-corrected chi connectivity index (χ0v) is 10.0. The molecule has 0 aliphatic heterocycles. The van der Waals surface area contributed by atoms with Crippen molar-refractivity contribution >= 4 is 17.1 Å². The second-order valence-electron chi connectivity index (χ2n) is 3.83. The predicted molar refractivity (Wildman–Crippen MR) is 67.0 cm³/mol. The number of methoxy groups -OCH3 is 1. The van der Waals surface area contributed by atoms with Crippen molar-refractivity contribution in [1.29, 1.82) is 0 Å². The quantitative estimate of drug-likeness (QED) is 0.662. The van der Waals surface area contributed by atoms with Crippen LogP contribution in [0.2, 0.25) is 0 Å². The third-order valence-corrected chi connectivity index (χ3v) is 2.51. The van der Waals surface area contributed by atoms with Gasteiger partial charge in [0.15, 0.2) is 11.6 Å². The van der Waals surface area contributed by atoms with Crippen LogP contribution in [-0.4, -0.2) is 7.11 Å². The van der Waals surface area contributed by atoms with Gasteiger partial charge in [-0.3, -0.25) is 0 Å². The molecule has 0 saturated heterocycles. The van der Waals surface area contributed by atoms with Crippen LogP contribution in [0.3, 0.4) is 0 Å². The number of rotatable bonds is 3. The molecule has 0 bridgehead atoms. The Bertz CT molecular complexity index is 617. The smallest absolute Gasteiger partial charge is 0.182 e. The molecule has 0 amide bonds. The number of halogens is 3. The maximum atomic E-state index is 13.5. The molecule has 0 atom stereocenters. The second kappa shape index (κ2) is 5.09. The average Bonchev–Trinajstić information content (AvgIpc) is 2.37. The fourth-order valence-electron chi connectivity index (χ4n) is 1.59. The Morgan fingerprint density at radius 1 is 1.11 bits per heavy atom. The first kappa shape index (κ1) is 13.1. The zero-order valence-electron chi connectivity index (χ0n) is 10.0. The van der Waals surface area contributed by atoms with Gasteiger partial charge in [-0.25, -0.2) is 13.2 Å². The number of ether oxygens (including phenoxy) is 1. The van der Waals surface area contributed by atoms with E-state index in [0.29, 0.717) is 23.2 Å². The number of anilines is 3. The highest BCUT2D eigenvalue weighted by Gasteiger charge is 2.11. The summed E-state index contributed by atoms with van der Waals surface area (Å²) < 4.78 is 44.5. The Morgan fingerprint density at radius 3 is 2.53 bits per heavy atom. The first-order chi connectivity index (χ1) is 9.01. The molecular formula is C13H11F3N2O. The van der Waals surface area contributed by atoms with Gasteiger partial charge in [-0.05, 0) is 12.1 Å². The summed E-state index contributed by atoms with van der Waals surface area (Å²) in [6.45, 7) is 0. The highest BCUT2D eigenvalue weighted by atomic mass is 19.2.